The second kappa shape index (κ2) is 12.4. The molecule has 0 aliphatic rings. The highest BCUT2D eigenvalue weighted by atomic mass is 16.5. The molecule has 0 spiro atoms. The fourth-order valence-electron chi connectivity index (χ4n) is 2.82. The average molecular weight is 446 g/mol. The number of amides is 1. The van der Waals surface area contributed by atoms with E-state index in [4.69, 9.17) is 23.7 Å². The molecule has 0 atom stereocenters. The molecule has 0 unspecified atom stereocenters. The summed E-state index contributed by atoms with van der Waals surface area (Å²) in [7, 11) is 4.64. The Bertz CT molecular complexity index is 911. The Balaban J connectivity index is 1.82. The molecule has 174 valence electrons. The third kappa shape index (κ3) is 7.37. The highest BCUT2D eigenvalue weighted by Gasteiger charge is 2.14. The lowest BCUT2D eigenvalue weighted by Gasteiger charge is -2.13. The highest BCUT2D eigenvalue weighted by molar-refractivity contribution is 5.92. The van der Waals surface area contributed by atoms with Gasteiger partial charge < -0.3 is 29.0 Å². The first-order valence-corrected chi connectivity index (χ1v) is 10.3. The molecule has 0 fully saturated rings. The van der Waals surface area contributed by atoms with Crippen molar-refractivity contribution in [2.24, 2.45) is 5.92 Å². The average Bonchev–Trinajstić information content (AvgIpc) is 2.80. The van der Waals surface area contributed by atoms with Gasteiger partial charge in [-0.15, -0.1) is 0 Å². The van der Waals surface area contributed by atoms with Gasteiger partial charge in [0.1, 0.15) is 0 Å². The van der Waals surface area contributed by atoms with Crippen molar-refractivity contribution in [3.05, 3.63) is 47.5 Å². The van der Waals surface area contributed by atoms with Gasteiger partial charge in [0, 0.05) is 6.54 Å². The van der Waals surface area contributed by atoms with E-state index in [1.807, 2.05) is 32.0 Å². The second-order valence-corrected chi connectivity index (χ2v) is 7.44. The molecule has 2 aromatic carbocycles. The summed E-state index contributed by atoms with van der Waals surface area (Å²) in [5.74, 6) is 1.60. The molecule has 0 heterocycles. The van der Waals surface area contributed by atoms with E-state index in [2.05, 4.69) is 5.32 Å². The van der Waals surface area contributed by atoms with Crippen molar-refractivity contribution >= 4 is 11.9 Å². The first-order chi connectivity index (χ1) is 15.4. The molecule has 0 aliphatic heterocycles. The van der Waals surface area contributed by atoms with E-state index in [9.17, 15) is 9.59 Å². The lowest BCUT2D eigenvalue weighted by Crippen LogP contribution is -2.30. The number of hydrogen-bond donors (Lipinski definition) is 1. The van der Waals surface area contributed by atoms with Crippen molar-refractivity contribution in [1.29, 1.82) is 0 Å². The molecular weight excluding hydrogens is 414 g/mol. The minimum absolute atomic E-state index is 0.275. The minimum atomic E-state index is -0.617. The van der Waals surface area contributed by atoms with Crippen molar-refractivity contribution in [3.8, 4) is 23.0 Å². The number of nitrogens with one attached hydrogen (secondary N) is 1. The molecule has 1 N–H and O–H groups in total. The minimum Gasteiger partial charge on any atom is -0.493 e. The Kier molecular flexibility index (Phi) is 9.66. The van der Waals surface area contributed by atoms with Crippen LogP contribution < -0.4 is 24.3 Å². The van der Waals surface area contributed by atoms with Gasteiger partial charge in [0.05, 0.1) is 33.5 Å². The van der Waals surface area contributed by atoms with Crippen LogP contribution >= 0.6 is 0 Å². The third-order valence-corrected chi connectivity index (χ3v) is 4.49. The molecular formula is C24H31NO7. The number of hydrogen-bond acceptors (Lipinski definition) is 7. The molecule has 0 saturated heterocycles. The van der Waals surface area contributed by atoms with Crippen molar-refractivity contribution in [1.82, 2.24) is 5.32 Å². The second-order valence-electron chi connectivity index (χ2n) is 7.44. The van der Waals surface area contributed by atoms with E-state index in [-0.39, 0.29) is 18.1 Å². The van der Waals surface area contributed by atoms with Gasteiger partial charge in [-0.05, 0) is 48.2 Å². The van der Waals surface area contributed by atoms with Crippen LogP contribution in [0.25, 0.3) is 0 Å². The van der Waals surface area contributed by atoms with Crippen molar-refractivity contribution < 1.29 is 33.3 Å². The number of ether oxygens (including phenoxy) is 5. The summed E-state index contributed by atoms with van der Waals surface area (Å²) in [5.41, 5.74) is 1.25. The van der Waals surface area contributed by atoms with Gasteiger partial charge >= 0.3 is 5.97 Å². The summed E-state index contributed by atoms with van der Waals surface area (Å²) in [6.45, 7) is 4.62. The zero-order valence-electron chi connectivity index (χ0n) is 19.2. The molecule has 2 aromatic rings. The fourth-order valence-corrected chi connectivity index (χ4v) is 2.82. The maximum absolute atomic E-state index is 12.3. The summed E-state index contributed by atoms with van der Waals surface area (Å²) in [6.07, 6.45) is 0.592. The van der Waals surface area contributed by atoms with E-state index in [0.717, 1.165) is 5.56 Å². The molecule has 8 nitrogen and oxygen atoms in total. The van der Waals surface area contributed by atoms with Crippen molar-refractivity contribution in [2.45, 2.75) is 20.3 Å². The topological polar surface area (TPSA) is 92.3 Å². The Morgan fingerprint density at radius 3 is 2.19 bits per heavy atom. The van der Waals surface area contributed by atoms with Gasteiger partial charge in [-0.2, -0.15) is 0 Å². The van der Waals surface area contributed by atoms with Gasteiger partial charge in [-0.3, -0.25) is 4.79 Å². The van der Waals surface area contributed by atoms with E-state index >= 15 is 0 Å². The Hall–Kier alpha value is -3.42. The SMILES string of the molecule is COc1ccc(CCNC(=O)COC(=O)c2ccc(OCC(C)C)c(OC)c2)cc1OC. The lowest BCUT2D eigenvalue weighted by molar-refractivity contribution is -0.124. The van der Waals surface area contributed by atoms with Crippen LogP contribution in [0.3, 0.4) is 0 Å². The predicted molar refractivity (Wildman–Crippen MR) is 120 cm³/mol. The zero-order chi connectivity index (χ0) is 23.5. The van der Waals surface area contributed by atoms with Crippen LogP contribution in [0.15, 0.2) is 36.4 Å². The first-order valence-electron chi connectivity index (χ1n) is 10.3. The largest absolute Gasteiger partial charge is 0.493 e. The van der Waals surface area contributed by atoms with Crippen LogP contribution in [0.1, 0.15) is 29.8 Å². The molecule has 0 saturated carbocycles. The molecule has 0 bridgehead atoms. The summed E-state index contributed by atoms with van der Waals surface area (Å²) < 4.78 is 26.6. The molecule has 0 aromatic heterocycles. The maximum atomic E-state index is 12.3. The summed E-state index contributed by atoms with van der Waals surface area (Å²) in [6, 6.07) is 10.3. The molecule has 1 amide bonds. The van der Waals surface area contributed by atoms with Gasteiger partial charge in [0.25, 0.3) is 5.91 Å². The smallest absolute Gasteiger partial charge is 0.338 e. The van der Waals surface area contributed by atoms with Crippen molar-refractivity contribution in [2.75, 3.05) is 41.1 Å². The highest BCUT2D eigenvalue weighted by Crippen LogP contribution is 2.29. The Labute approximate surface area is 188 Å². The Morgan fingerprint density at radius 1 is 0.875 bits per heavy atom. The van der Waals surface area contributed by atoms with Gasteiger partial charge in [0.15, 0.2) is 29.6 Å². The summed E-state index contributed by atoms with van der Waals surface area (Å²) in [4.78, 5) is 24.3. The van der Waals surface area contributed by atoms with Crippen LogP contribution in [0.4, 0.5) is 0 Å². The van der Waals surface area contributed by atoms with E-state index in [0.29, 0.717) is 48.5 Å². The normalized spacial score (nSPS) is 10.4. The zero-order valence-corrected chi connectivity index (χ0v) is 19.2. The monoisotopic (exact) mass is 445 g/mol. The summed E-state index contributed by atoms with van der Waals surface area (Å²) in [5, 5.41) is 2.73. The van der Waals surface area contributed by atoms with Crippen LogP contribution in [-0.4, -0.2) is 53.0 Å². The molecule has 8 heteroatoms. The van der Waals surface area contributed by atoms with E-state index in [1.54, 1.807) is 26.4 Å². The number of carbonyl (C=O) groups is 2. The van der Waals surface area contributed by atoms with Crippen LogP contribution in [0.5, 0.6) is 23.0 Å². The third-order valence-electron chi connectivity index (χ3n) is 4.49. The molecule has 32 heavy (non-hydrogen) atoms. The fraction of sp³-hybridized carbons (Fsp3) is 0.417. The molecule has 0 aliphatic carbocycles. The standard InChI is InChI=1S/C24H31NO7/c1-16(2)14-31-20-9-7-18(13-22(20)30-5)24(27)32-15-23(26)25-11-10-17-6-8-19(28-3)21(12-17)29-4/h6-9,12-13,16H,10-11,14-15H2,1-5H3,(H,25,26). The van der Waals surface area contributed by atoms with Gasteiger partial charge in [-0.1, -0.05) is 19.9 Å². The van der Waals surface area contributed by atoms with Gasteiger partial charge in [-0.25, -0.2) is 4.79 Å². The lowest BCUT2D eigenvalue weighted by atomic mass is 10.1. The predicted octanol–water partition coefficient (Wildman–Crippen LogP) is 3.26. The molecule has 0 radical (unpaired) electrons. The van der Waals surface area contributed by atoms with E-state index < -0.39 is 5.97 Å². The van der Waals surface area contributed by atoms with Crippen LogP contribution in [0, 0.1) is 5.92 Å². The first kappa shape index (κ1) is 24.8. The van der Waals surface area contributed by atoms with Crippen molar-refractivity contribution in [3.63, 3.8) is 0 Å². The van der Waals surface area contributed by atoms with Crippen LogP contribution in [-0.2, 0) is 16.0 Å². The number of esters is 1. The molecule has 2 rings (SSSR count). The van der Waals surface area contributed by atoms with Gasteiger partial charge in [0.2, 0.25) is 0 Å². The number of benzene rings is 2. The number of carbonyl (C=O) groups excluding carboxylic acids is 2. The number of rotatable bonds is 12. The van der Waals surface area contributed by atoms with Crippen LogP contribution in [0.2, 0.25) is 0 Å². The quantitative estimate of drug-likeness (QED) is 0.501. The maximum Gasteiger partial charge on any atom is 0.338 e. The number of methoxy groups -OCH3 is 3. The summed E-state index contributed by atoms with van der Waals surface area (Å²) >= 11 is 0. The Morgan fingerprint density at radius 2 is 1.53 bits per heavy atom. The van der Waals surface area contributed by atoms with E-state index in [1.165, 1.54) is 13.2 Å².